The lowest BCUT2D eigenvalue weighted by Crippen LogP contribution is -2.20. The summed E-state index contributed by atoms with van der Waals surface area (Å²) in [5.41, 5.74) is 3.67. The standard InChI is InChI=1S/C15H27N5/c1-9(2)13-18-14(11(4)15(19-13)20-16)17-8-12-7-5-6-10(12)3/h9-10,12H,5-8,16H2,1-4H3,(H2,17,18,19,20). The first-order valence-electron chi connectivity index (χ1n) is 7.62. The van der Waals surface area contributed by atoms with Crippen LogP contribution in [0.1, 0.15) is 57.3 Å². The lowest BCUT2D eigenvalue weighted by Gasteiger charge is -2.19. The molecule has 5 nitrogen and oxygen atoms in total. The van der Waals surface area contributed by atoms with E-state index in [4.69, 9.17) is 5.84 Å². The van der Waals surface area contributed by atoms with Crippen molar-refractivity contribution < 1.29 is 0 Å². The number of hydrogen-bond acceptors (Lipinski definition) is 5. The van der Waals surface area contributed by atoms with Gasteiger partial charge in [0, 0.05) is 18.0 Å². The van der Waals surface area contributed by atoms with Gasteiger partial charge in [-0.1, -0.05) is 33.6 Å². The van der Waals surface area contributed by atoms with E-state index in [0.717, 1.165) is 35.6 Å². The van der Waals surface area contributed by atoms with Crippen LogP contribution in [0.2, 0.25) is 0 Å². The second-order valence-electron chi connectivity index (χ2n) is 6.25. The predicted octanol–water partition coefficient (Wildman–Crippen LogP) is 3.04. The molecule has 5 heteroatoms. The number of nitrogens with one attached hydrogen (secondary N) is 2. The Kier molecular flexibility index (Phi) is 4.81. The first-order valence-corrected chi connectivity index (χ1v) is 7.62. The Hall–Kier alpha value is -1.36. The Morgan fingerprint density at radius 2 is 1.95 bits per heavy atom. The van der Waals surface area contributed by atoms with Gasteiger partial charge < -0.3 is 10.7 Å². The molecule has 2 rings (SSSR count). The maximum atomic E-state index is 5.56. The molecular formula is C15H27N5. The number of nitrogen functional groups attached to an aromatic ring is 1. The number of hydrogen-bond donors (Lipinski definition) is 3. The topological polar surface area (TPSA) is 75.9 Å². The van der Waals surface area contributed by atoms with E-state index in [0.29, 0.717) is 5.82 Å². The molecule has 2 unspecified atom stereocenters. The van der Waals surface area contributed by atoms with Crippen LogP contribution in [0.4, 0.5) is 11.6 Å². The van der Waals surface area contributed by atoms with Crippen LogP contribution in [0.15, 0.2) is 0 Å². The van der Waals surface area contributed by atoms with E-state index in [1.54, 1.807) is 0 Å². The third-order valence-electron chi connectivity index (χ3n) is 4.39. The van der Waals surface area contributed by atoms with Gasteiger partial charge in [0.2, 0.25) is 0 Å². The van der Waals surface area contributed by atoms with Gasteiger partial charge in [0.15, 0.2) is 0 Å². The highest BCUT2D eigenvalue weighted by molar-refractivity contribution is 5.56. The molecule has 0 amide bonds. The Labute approximate surface area is 121 Å². The SMILES string of the molecule is Cc1c(NN)nc(C(C)C)nc1NCC1CCCC1C. The summed E-state index contributed by atoms with van der Waals surface area (Å²) in [5, 5.41) is 3.51. The summed E-state index contributed by atoms with van der Waals surface area (Å²) in [5.74, 6) is 9.86. The molecule has 1 saturated carbocycles. The molecule has 0 aromatic carbocycles. The largest absolute Gasteiger partial charge is 0.369 e. The Bertz CT molecular complexity index is 458. The lowest BCUT2D eigenvalue weighted by molar-refractivity contribution is 0.439. The molecule has 20 heavy (non-hydrogen) atoms. The van der Waals surface area contributed by atoms with Crippen LogP contribution in [-0.4, -0.2) is 16.5 Å². The average molecular weight is 277 g/mol. The Morgan fingerprint density at radius 1 is 1.25 bits per heavy atom. The molecule has 0 spiro atoms. The molecule has 4 N–H and O–H groups in total. The third kappa shape index (κ3) is 3.20. The quantitative estimate of drug-likeness (QED) is 0.569. The average Bonchev–Trinajstić information content (AvgIpc) is 2.83. The first kappa shape index (κ1) is 15.0. The van der Waals surface area contributed by atoms with E-state index in [9.17, 15) is 0 Å². The summed E-state index contributed by atoms with van der Waals surface area (Å²) < 4.78 is 0. The molecule has 1 aliphatic rings. The zero-order chi connectivity index (χ0) is 14.7. The van der Waals surface area contributed by atoms with Gasteiger partial charge in [-0.05, 0) is 25.2 Å². The molecule has 1 fully saturated rings. The summed E-state index contributed by atoms with van der Waals surface area (Å²) in [6.45, 7) is 9.51. The highest BCUT2D eigenvalue weighted by Crippen LogP contribution is 2.31. The number of nitrogens with two attached hydrogens (primary N) is 1. The van der Waals surface area contributed by atoms with Gasteiger partial charge in [0.25, 0.3) is 0 Å². The van der Waals surface area contributed by atoms with E-state index < -0.39 is 0 Å². The smallest absolute Gasteiger partial charge is 0.148 e. The van der Waals surface area contributed by atoms with Gasteiger partial charge in [-0.25, -0.2) is 15.8 Å². The Balaban J connectivity index is 2.15. The van der Waals surface area contributed by atoms with Crippen LogP contribution in [-0.2, 0) is 0 Å². The number of nitrogens with zero attached hydrogens (tertiary/aromatic N) is 2. The van der Waals surface area contributed by atoms with Crippen molar-refractivity contribution in [1.82, 2.24) is 9.97 Å². The highest BCUT2D eigenvalue weighted by Gasteiger charge is 2.23. The summed E-state index contributed by atoms with van der Waals surface area (Å²) >= 11 is 0. The molecule has 0 saturated heterocycles. The summed E-state index contributed by atoms with van der Waals surface area (Å²) in [4.78, 5) is 9.11. The number of hydrazine groups is 1. The van der Waals surface area contributed by atoms with Crippen LogP contribution in [0.5, 0.6) is 0 Å². The molecule has 1 aromatic rings. The van der Waals surface area contributed by atoms with Gasteiger partial charge in [-0.15, -0.1) is 0 Å². The maximum Gasteiger partial charge on any atom is 0.148 e. The lowest BCUT2D eigenvalue weighted by atomic mass is 9.98. The molecule has 112 valence electrons. The molecule has 1 aliphatic carbocycles. The van der Waals surface area contributed by atoms with Crippen LogP contribution < -0.4 is 16.6 Å². The highest BCUT2D eigenvalue weighted by atomic mass is 15.3. The molecule has 1 heterocycles. The number of rotatable bonds is 5. The number of aromatic nitrogens is 2. The predicted molar refractivity (Wildman–Crippen MR) is 83.7 cm³/mol. The van der Waals surface area contributed by atoms with E-state index >= 15 is 0 Å². The first-order chi connectivity index (χ1) is 9.52. The molecular weight excluding hydrogens is 250 g/mol. The fourth-order valence-corrected chi connectivity index (χ4v) is 2.86. The van der Waals surface area contributed by atoms with Crippen molar-refractivity contribution in [3.8, 4) is 0 Å². The van der Waals surface area contributed by atoms with Crippen LogP contribution in [0.3, 0.4) is 0 Å². The van der Waals surface area contributed by atoms with E-state index in [1.807, 2.05) is 6.92 Å². The third-order valence-corrected chi connectivity index (χ3v) is 4.39. The van der Waals surface area contributed by atoms with Gasteiger partial charge in [-0.2, -0.15) is 0 Å². The second kappa shape index (κ2) is 6.39. The van der Waals surface area contributed by atoms with Gasteiger partial charge in [0.05, 0.1) is 0 Å². The Morgan fingerprint density at radius 3 is 2.50 bits per heavy atom. The van der Waals surface area contributed by atoms with E-state index in [-0.39, 0.29) is 5.92 Å². The van der Waals surface area contributed by atoms with Crippen LogP contribution >= 0.6 is 0 Å². The fraction of sp³-hybridized carbons (Fsp3) is 0.733. The van der Waals surface area contributed by atoms with Crippen molar-refractivity contribution in [3.05, 3.63) is 11.4 Å². The number of anilines is 2. The zero-order valence-corrected chi connectivity index (χ0v) is 13.0. The van der Waals surface area contributed by atoms with E-state index in [2.05, 4.69) is 41.5 Å². The van der Waals surface area contributed by atoms with Gasteiger partial charge >= 0.3 is 0 Å². The van der Waals surface area contributed by atoms with Crippen molar-refractivity contribution in [2.75, 3.05) is 17.3 Å². The molecule has 0 radical (unpaired) electrons. The van der Waals surface area contributed by atoms with Crippen molar-refractivity contribution >= 4 is 11.6 Å². The minimum Gasteiger partial charge on any atom is -0.369 e. The zero-order valence-electron chi connectivity index (χ0n) is 13.0. The van der Waals surface area contributed by atoms with Gasteiger partial charge in [-0.3, -0.25) is 0 Å². The van der Waals surface area contributed by atoms with Crippen molar-refractivity contribution in [1.29, 1.82) is 0 Å². The van der Waals surface area contributed by atoms with Crippen LogP contribution in [0.25, 0.3) is 0 Å². The van der Waals surface area contributed by atoms with Crippen LogP contribution in [0, 0.1) is 18.8 Å². The second-order valence-corrected chi connectivity index (χ2v) is 6.25. The minimum absolute atomic E-state index is 0.286. The van der Waals surface area contributed by atoms with Gasteiger partial charge in [0.1, 0.15) is 17.5 Å². The summed E-state index contributed by atoms with van der Waals surface area (Å²) in [7, 11) is 0. The molecule has 0 bridgehead atoms. The van der Waals surface area contributed by atoms with E-state index in [1.165, 1.54) is 19.3 Å². The maximum absolute atomic E-state index is 5.56. The molecule has 0 aliphatic heterocycles. The minimum atomic E-state index is 0.286. The monoisotopic (exact) mass is 277 g/mol. The van der Waals surface area contributed by atoms with Crippen molar-refractivity contribution in [2.45, 2.75) is 52.9 Å². The fourth-order valence-electron chi connectivity index (χ4n) is 2.86. The molecule has 1 aromatic heterocycles. The summed E-state index contributed by atoms with van der Waals surface area (Å²) in [6.07, 6.45) is 4.02. The van der Waals surface area contributed by atoms with Crippen molar-refractivity contribution in [3.63, 3.8) is 0 Å². The summed E-state index contributed by atoms with van der Waals surface area (Å²) in [6, 6.07) is 0. The van der Waals surface area contributed by atoms with Crippen molar-refractivity contribution in [2.24, 2.45) is 17.7 Å². The molecule has 2 atom stereocenters. The normalized spacial score (nSPS) is 22.3.